The van der Waals surface area contributed by atoms with Crippen LogP contribution in [-0.4, -0.2) is 40.0 Å². The van der Waals surface area contributed by atoms with Crippen LogP contribution in [0.5, 0.6) is 6.01 Å². The number of hydrogen-bond acceptors (Lipinski definition) is 5. The molecule has 1 radical (unpaired) electrons. The summed E-state index contributed by atoms with van der Waals surface area (Å²) < 4.78 is 5.17. The summed E-state index contributed by atoms with van der Waals surface area (Å²) in [6, 6.07) is 3.03. The third-order valence-electron chi connectivity index (χ3n) is 1.68. The SMILES string of the molecule is Cc1[c]cnc(OCC(CO)CO)n1. The lowest BCUT2D eigenvalue weighted by Crippen LogP contribution is -2.20. The minimum Gasteiger partial charge on any atom is -0.463 e. The molecule has 1 rings (SSSR count). The molecule has 1 heterocycles. The van der Waals surface area contributed by atoms with E-state index in [0.717, 1.165) is 0 Å². The topological polar surface area (TPSA) is 75.5 Å². The van der Waals surface area contributed by atoms with Gasteiger partial charge in [-0.3, -0.25) is 0 Å². The number of aliphatic hydroxyl groups is 2. The van der Waals surface area contributed by atoms with Crippen molar-refractivity contribution >= 4 is 0 Å². The van der Waals surface area contributed by atoms with Crippen LogP contribution in [-0.2, 0) is 0 Å². The van der Waals surface area contributed by atoms with Gasteiger partial charge in [0.15, 0.2) is 0 Å². The number of nitrogens with zero attached hydrogens (tertiary/aromatic N) is 2. The molecule has 0 aliphatic heterocycles. The highest BCUT2D eigenvalue weighted by Crippen LogP contribution is 2.03. The van der Waals surface area contributed by atoms with Crippen LogP contribution in [0.15, 0.2) is 6.20 Å². The number of aliphatic hydroxyl groups excluding tert-OH is 2. The van der Waals surface area contributed by atoms with Gasteiger partial charge in [-0.2, -0.15) is 4.98 Å². The lowest BCUT2D eigenvalue weighted by molar-refractivity contribution is 0.102. The van der Waals surface area contributed by atoms with Gasteiger partial charge in [-0.05, 0) is 6.92 Å². The van der Waals surface area contributed by atoms with E-state index in [1.807, 2.05) is 0 Å². The third kappa shape index (κ3) is 3.27. The van der Waals surface area contributed by atoms with Gasteiger partial charge in [-0.15, -0.1) is 0 Å². The summed E-state index contributed by atoms with van der Waals surface area (Å²) in [6.07, 6.45) is 1.48. The Bertz CT molecular complexity index is 277. The molecule has 0 atom stereocenters. The summed E-state index contributed by atoms with van der Waals surface area (Å²) in [5, 5.41) is 17.5. The molecule has 0 aromatic carbocycles. The smallest absolute Gasteiger partial charge is 0.316 e. The molecule has 0 amide bonds. The van der Waals surface area contributed by atoms with Crippen LogP contribution in [0.1, 0.15) is 5.69 Å². The van der Waals surface area contributed by atoms with Crippen LogP contribution < -0.4 is 4.74 Å². The first kappa shape index (κ1) is 10.9. The Morgan fingerprint density at radius 1 is 1.50 bits per heavy atom. The molecule has 5 nitrogen and oxygen atoms in total. The number of rotatable bonds is 5. The van der Waals surface area contributed by atoms with Gasteiger partial charge >= 0.3 is 6.01 Å². The van der Waals surface area contributed by atoms with Gasteiger partial charge in [0, 0.05) is 18.2 Å². The van der Waals surface area contributed by atoms with E-state index in [-0.39, 0.29) is 31.7 Å². The van der Waals surface area contributed by atoms with Gasteiger partial charge in [-0.25, -0.2) is 4.98 Å². The van der Waals surface area contributed by atoms with Crippen LogP contribution in [0.4, 0.5) is 0 Å². The fraction of sp³-hybridized carbons (Fsp3) is 0.556. The normalized spacial score (nSPS) is 10.6. The summed E-state index contributed by atoms with van der Waals surface area (Å²) in [4.78, 5) is 7.79. The summed E-state index contributed by atoms with van der Waals surface area (Å²) in [5.74, 6) is -0.289. The Hall–Kier alpha value is -1.20. The van der Waals surface area contributed by atoms with Crippen molar-refractivity contribution < 1.29 is 14.9 Å². The van der Waals surface area contributed by atoms with Gasteiger partial charge < -0.3 is 14.9 Å². The van der Waals surface area contributed by atoms with Crippen LogP contribution >= 0.6 is 0 Å². The second-order valence-corrected chi connectivity index (χ2v) is 2.92. The first-order valence-corrected chi connectivity index (χ1v) is 4.32. The molecule has 0 saturated carbocycles. The van der Waals surface area contributed by atoms with Crippen LogP contribution in [0.2, 0.25) is 0 Å². The molecule has 0 spiro atoms. The highest BCUT2D eigenvalue weighted by atomic mass is 16.5. The number of ether oxygens (including phenoxy) is 1. The van der Waals surface area contributed by atoms with Gasteiger partial charge in [0.2, 0.25) is 0 Å². The zero-order chi connectivity index (χ0) is 10.4. The molecule has 0 aliphatic carbocycles. The number of hydrogen-bond donors (Lipinski definition) is 2. The van der Waals surface area contributed by atoms with Crippen molar-refractivity contribution in [2.24, 2.45) is 5.92 Å². The maximum absolute atomic E-state index is 8.77. The number of aryl methyl sites for hydroxylation is 1. The largest absolute Gasteiger partial charge is 0.463 e. The molecule has 0 bridgehead atoms. The van der Waals surface area contributed by atoms with Crippen molar-refractivity contribution in [1.82, 2.24) is 9.97 Å². The molecule has 0 aliphatic rings. The maximum atomic E-state index is 8.77. The predicted molar refractivity (Wildman–Crippen MR) is 48.8 cm³/mol. The number of aromatic nitrogens is 2. The van der Waals surface area contributed by atoms with Crippen LogP contribution in [0, 0.1) is 18.9 Å². The zero-order valence-electron chi connectivity index (χ0n) is 7.97. The van der Waals surface area contributed by atoms with E-state index in [1.54, 1.807) is 6.92 Å². The minimum atomic E-state index is -0.289. The van der Waals surface area contributed by atoms with Crippen molar-refractivity contribution in [3.63, 3.8) is 0 Å². The van der Waals surface area contributed by atoms with Crippen molar-refractivity contribution in [3.05, 3.63) is 18.0 Å². The highest BCUT2D eigenvalue weighted by Gasteiger charge is 2.07. The molecular formula is C9H13N2O3. The molecule has 0 unspecified atom stereocenters. The Morgan fingerprint density at radius 2 is 2.21 bits per heavy atom. The quantitative estimate of drug-likeness (QED) is 0.669. The monoisotopic (exact) mass is 197 g/mol. The second-order valence-electron chi connectivity index (χ2n) is 2.92. The molecule has 1 aromatic rings. The van der Waals surface area contributed by atoms with E-state index in [9.17, 15) is 0 Å². The third-order valence-corrected chi connectivity index (χ3v) is 1.68. The summed E-state index contributed by atoms with van der Waals surface area (Å²) in [7, 11) is 0. The van der Waals surface area contributed by atoms with Crippen LogP contribution in [0.3, 0.4) is 0 Å². The molecular weight excluding hydrogens is 184 g/mol. The molecule has 1 aromatic heterocycles. The minimum absolute atomic E-state index is 0.117. The predicted octanol–water partition coefficient (Wildman–Crippen LogP) is -0.435. The standard InChI is InChI=1S/C9H13N2O3/c1-7-2-3-10-9(11-7)14-6-8(4-12)5-13/h3,8,12-13H,4-6H2,1H3. The molecule has 14 heavy (non-hydrogen) atoms. The second kappa shape index (κ2) is 5.51. The van der Waals surface area contributed by atoms with E-state index >= 15 is 0 Å². The molecule has 77 valence electrons. The summed E-state index contributed by atoms with van der Waals surface area (Å²) in [5.41, 5.74) is 0.694. The Labute approximate surface area is 82.4 Å². The Balaban J connectivity index is 2.44. The Kier molecular flexibility index (Phi) is 4.28. The van der Waals surface area contributed by atoms with Gasteiger partial charge in [0.25, 0.3) is 0 Å². The lowest BCUT2D eigenvalue weighted by atomic mass is 10.2. The average molecular weight is 197 g/mol. The van der Waals surface area contributed by atoms with E-state index < -0.39 is 0 Å². The fourth-order valence-corrected chi connectivity index (χ4v) is 0.811. The maximum Gasteiger partial charge on any atom is 0.316 e. The van der Waals surface area contributed by atoms with Crippen molar-refractivity contribution in [2.45, 2.75) is 6.92 Å². The fourth-order valence-electron chi connectivity index (χ4n) is 0.811. The first-order chi connectivity index (χ1) is 6.76. The molecule has 2 N–H and O–H groups in total. The van der Waals surface area contributed by atoms with Gasteiger partial charge in [0.1, 0.15) is 0 Å². The van der Waals surface area contributed by atoms with E-state index in [2.05, 4.69) is 16.0 Å². The van der Waals surface area contributed by atoms with Crippen LogP contribution in [0.25, 0.3) is 0 Å². The lowest BCUT2D eigenvalue weighted by Gasteiger charge is -2.10. The summed E-state index contributed by atoms with van der Waals surface area (Å²) in [6.45, 7) is 1.75. The van der Waals surface area contributed by atoms with Crippen molar-refractivity contribution in [1.29, 1.82) is 0 Å². The van der Waals surface area contributed by atoms with Crippen molar-refractivity contribution in [3.8, 4) is 6.01 Å². The highest BCUT2D eigenvalue weighted by molar-refractivity contribution is 5.01. The van der Waals surface area contributed by atoms with Gasteiger partial charge in [0.05, 0.1) is 25.5 Å². The van der Waals surface area contributed by atoms with E-state index in [1.165, 1.54) is 6.20 Å². The molecule has 0 fully saturated rings. The summed E-state index contributed by atoms with van der Waals surface area (Å²) >= 11 is 0. The molecule has 0 saturated heterocycles. The van der Waals surface area contributed by atoms with E-state index in [4.69, 9.17) is 14.9 Å². The van der Waals surface area contributed by atoms with Crippen molar-refractivity contribution in [2.75, 3.05) is 19.8 Å². The zero-order valence-corrected chi connectivity index (χ0v) is 7.97. The average Bonchev–Trinajstić information content (AvgIpc) is 2.19. The Morgan fingerprint density at radius 3 is 2.79 bits per heavy atom. The van der Waals surface area contributed by atoms with Gasteiger partial charge in [-0.1, -0.05) is 0 Å². The molecule has 5 heteroatoms. The van der Waals surface area contributed by atoms with E-state index in [0.29, 0.717) is 5.69 Å². The first-order valence-electron chi connectivity index (χ1n) is 4.32.